The largest absolute Gasteiger partial charge is 0.489 e. The summed E-state index contributed by atoms with van der Waals surface area (Å²) in [6, 6.07) is 14.3. The first-order valence-electron chi connectivity index (χ1n) is 8.33. The molecule has 0 aliphatic carbocycles. The number of pyridine rings is 1. The number of thiophene rings is 1. The van der Waals surface area contributed by atoms with Gasteiger partial charge in [-0.05, 0) is 42.1 Å². The lowest BCUT2D eigenvalue weighted by atomic mass is 10.1. The van der Waals surface area contributed by atoms with Crippen LogP contribution in [0.4, 0.5) is 0 Å². The lowest BCUT2D eigenvalue weighted by Gasteiger charge is -2.18. The Hall–Kier alpha value is -1.88. The summed E-state index contributed by atoms with van der Waals surface area (Å²) in [6.07, 6.45) is 4.61. The molecule has 0 fully saturated rings. The molecule has 1 unspecified atom stereocenters. The summed E-state index contributed by atoms with van der Waals surface area (Å²) in [6.45, 7) is 3.39. The Kier molecular flexibility index (Phi) is 6.45. The minimum absolute atomic E-state index is 0.338. The molecule has 3 aromatic rings. The van der Waals surface area contributed by atoms with Crippen molar-refractivity contribution in [1.29, 1.82) is 0 Å². The molecule has 0 aliphatic rings. The summed E-state index contributed by atoms with van der Waals surface area (Å²) in [5, 5.41) is 6.44. The van der Waals surface area contributed by atoms with Crippen LogP contribution in [0, 0.1) is 0 Å². The maximum absolute atomic E-state index is 6.19. The Morgan fingerprint density at radius 2 is 2.16 bits per heavy atom. The van der Waals surface area contributed by atoms with Crippen molar-refractivity contribution < 1.29 is 4.74 Å². The summed E-state index contributed by atoms with van der Waals surface area (Å²) in [7, 11) is 0. The Morgan fingerprint density at radius 1 is 1.24 bits per heavy atom. The molecule has 0 radical (unpaired) electrons. The van der Waals surface area contributed by atoms with E-state index in [0.29, 0.717) is 19.2 Å². The molecule has 2 aromatic heterocycles. The van der Waals surface area contributed by atoms with Crippen molar-refractivity contribution in [3.05, 3.63) is 81.3 Å². The van der Waals surface area contributed by atoms with E-state index in [-0.39, 0.29) is 0 Å². The molecule has 5 heteroatoms. The minimum Gasteiger partial charge on any atom is -0.489 e. The van der Waals surface area contributed by atoms with Crippen LogP contribution in [0.2, 0.25) is 5.02 Å². The predicted molar refractivity (Wildman–Crippen MR) is 104 cm³/mol. The highest BCUT2D eigenvalue weighted by atomic mass is 35.5. The number of benzene rings is 1. The van der Waals surface area contributed by atoms with Crippen LogP contribution in [0.25, 0.3) is 0 Å². The van der Waals surface area contributed by atoms with Gasteiger partial charge in [-0.3, -0.25) is 4.98 Å². The number of ether oxygens (including phenoxy) is 1. The highest BCUT2D eigenvalue weighted by Crippen LogP contribution is 2.26. The molecule has 0 bridgehead atoms. The smallest absolute Gasteiger partial charge is 0.124 e. The number of rotatable bonds is 8. The van der Waals surface area contributed by atoms with Crippen LogP contribution in [-0.2, 0) is 13.2 Å². The molecular weight excluding hydrogens is 352 g/mol. The third-order valence-corrected chi connectivity index (χ3v) is 5.19. The number of hydrogen-bond donors (Lipinski definition) is 1. The van der Waals surface area contributed by atoms with Gasteiger partial charge >= 0.3 is 0 Å². The summed E-state index contributed by atoms with van der Waals surface area (Å²) in [5.41, 5.74) is 2.10. The SMILES string of the molecule is CCC(NCc1cc(Cl)ccc1OCc1cccnc1)c1cccs1. The van der Waals surface area contributed by atoms with Crippen LogP contribution in [0.5, 0.6) is 5.75 Å². The van der Waals surface area contributed by atoms with Crippen molar-refractivity contribution in [2.45, 2.75) is 32.5 Å². The van der Waals surface area contributed by atoms with Gasteiger partial charge in [0, 0.05) is 46.0 Å². The van der Waals surface area contributed by atoms with Gasteiger partial charge in [0.15, 0.2) is 0 Å². The average Bonchev–Trinajstić information content (AvgIpc) is 3.17. The lowest BCUT2D eigenvalue weighted by Crippen LogP contribution is -2.19. The molecule has 3 rings (SSSR count). The van der Waals surface area contributed by atoms with E-state index in [0.717, 1.165) is 28.3 Å². The van der Waals surface area contributed by atoms with Gasteiger partial charge in [0.05, 0.1) is 0 Å². The molecule has 2 heterocycles. The fourth-order valence-corrected chi connectivity index (χ4v) is 3.72. The quantitative estimate of drug-likeness (QED) is 0.557. The van der Waals surface area contributed by atoms with Crippen LogP contribution >= 0.6 is 22.9 Å². The van der Waals surface area contributed by atoms with Gasteiger partial charge in [-0.1, -0.05) is 30.7 Å². The van der Waals surface area contributed by atoms with Gasteiger partial charge in [0.25, 0.3) is 0 Å². The highest BCUT2D eigenvalue weighted by molar-refractivity contribution is 7.10. The second-order valence-corrected chi connectivity index (χ2v) is 7.17. The molecule has 0 saturated carbocycles. The van der Waals surface area contributed by atoms with Gasteiger partial charge in [-0.15, -0.1) is 11.3 Å². The molecule has 1 N–H and O–H groups in total. The molecule has 130 valence electrons. The van der Waals surface area contributed by atoms with Crippen LogP contribution in [0.15, 0.2) is 60.2 Å². The van der Waals surface area contributed by atoms with Gasteiger partial charge in [0.1, 0.15) is 12.4 Å². The lowest BCUT2D eigenvalue weighted by molar-refractivity contribution is 0.301. The third-order valence-electron chi connectivity index (χ3n) is 3.97. The second-order valence-electron chi connectivity index (χ2n) is 5.76. The third kappa shape index (κ3) is 5.05. The van der Waals surface area contributed by atoms with Crippen LogP contribution in [-0.4, -0.2) is 4.98 Å². The maximum Gasteiger partial charge on any atom is 0.124 e. The van der Waals surface area contributed by atoms with E-state index in [1.165, 1.54) is 4.88 Å². The summed E-state index contributed by atoms with van der Waals surface area (Å²) >= 11 is 7.97. The van der Waals surface area contributed by atoms with E-state index >= 15 is 0 Å². The number of halogens is 1. The Labute approximate surface area is 157 Å². The van der Waals surface area contributed by atoms with Crippen molar-refractivity contribution >= 4 is 22.9 Å². The molecule has 0 spiro atoms. The van der Waals surface area contributed by atoms with Crippen molar-refractivity contribution in [1.82, 2.24) is 10.3 Å². The first-order valence-corrected chi connectivity index (χ1v) is 9.59. The second kappa shape index (κ2) is 8.99. The Balaban J connectivity index is 1.68. The van der Waals surface area contributed by atoms with Crippen LogP contribution < -0.4 is 10.1 Å². The van der Waals surface area contributed by atoms with Crippen molar-refractivity contribution in [2.75, 3.05) is 0 Å². The Bertz CT molecular complexity index is 778. The van der Waals surface area contributed by atoms with Gasteiger partial charge in [0.2, 0.25) is 0 Å². The monoisotopic (exact) mass is 372 g/mol. The molecule has 1 atom stereocenters. The first-order chi connectivity index (χ1) is 12.3. The number of nitrogens with zero attached hydrogens (tertiary/aromatic N) is 1. The zero-order valence-corrected chi connectivity index (χ0v) is 15.7. The molecule has 0 saturated heterocycles. The fraction of sp³-hybridized carbons (Fsp3) is 0.250. The summed E-state index contributed by atoms with van der Waals surface area (Å²) in [4.78, 5) is 5.47. The Morgan fingerprint density at radius 3 is 2.88 bits per heavy atom. The number of aromatic nitrogens is 1. The zero-order valence-electron chi connectivity index (χ0n) is 14.1. The first kappa shape index (κ1) is 17.9. The predicted octanol–water partition coefficient (Wildman–Crippen LogP) is 5.62. The van der Waals surface area contributed by atoms with Crippen molar-refractivity contribution in [3.63, 3.8) is 0 Å². The summed E-state index contributed by atoms with van der Waals surface area (Å²) < 4.78 is 6.00. The average molecular weight is 373 g/mol. The molecular formula is C20H21ClN2OS. The van der Waals surface area contributed by atoms with Gasteiger partial charge < -0.3 is 10.1 Å². The van der Waals surface area contributed by atoms with Gasteiger partial charge in [-0.25, -0.2) is 0 Å². The van der Waals surface area contributed by atoms with E-state index in [1.807, 2.05) is 36.5 Å². The van der Waals surface area contributed by atoms with E-state index in [1.54, 1.807) is 17.5 Å². The zero-order chi connectivity index (χ0) is 17.5. The molecule has 1 aromatic carbocycles. The standard InChI is InChI=1S/C20H21ClN2OS/c1-2-18(20-6-4-10-25-20)23-13-16-11-17(21)7-8-19(16)24-14-15-5-3-9-22-12-15/h3-12,18,23H,2,13-14H2,1H3. The van der Waals surface area contributed by atoms with Crippen LogP contribution in [0.1, 0.15) is 35.4 Å². The van der Waals surface area contributed by atoms with Crippen molar-refractivity contribution in [3.8, 4) is 5.75 Å². The van der Waals surface area contributed by atoms with E-state index in [4.69, 9.17) is 16.3 Å². The van der Waals surface area contributed by atoms with Gasteiger partial charge in [-0.2, -0.15) is 0 Å². The van der Waals surface area contributed by atoms with E-state index in [9.17, 15) is 0 Å². The number of hydrogen-bond acceptors (Lipinski definition) is 4. The van der Waals surface area contributed by atoms with E-state index in [2.05, 4.69) is 34.7 Å². The minimum atomic E-state index is 0.338. The van der Waals surface area contributed by atoms with Crippen molar-refractivity contribution in [2.24, 2.45) is 0 Å². The van der Waals surface area contributed by atoms with Crippen LogP contribution in [0.3, 0.4) is 0 Å². The normalized spacial score (nSPS) is 12.1. The fourth-order valence-electron chi connectivity index (χ4n) is 2.64. The molecule has 3 nitrogen and oxygen atoms in total. The molecule has 0 aliphatic heterocycles. The topological polar surface area (TPSA) is 34.1 Å². The molecule has 25 heavy (non-hydrogen) atoms. The maximum atomic E-state index is 6.19. The molecule has 0 amide bonds. The number of nitrogens with one attached hydrogen (secondary N) is 1. The van der Waals surface area contributed by atoms with E-state index < -0.39 is 0 Å². The highest BCUT2D eigenvalue weighted by Gasteiger charge is 2.12. The summed E-state index contributed by atoms with van der Waals surface area (Å²) in [5.74, 6) is 0.849.